The van der Waals surface area contributed by atoms with Gasteiger partial charge >= 0.3 is 0 Å². The van der Waals surface area contributed by atoms with Crippen LogP contribution in [0.25, 0.3) is 0 Å². The van der Waals surface area contributed by atoms with Gasteiger partial charge in [-0.2, -0.15) is 0 Å². The van der Waals surface area contributed by atoms with E-state index in [0.29, 0.717) is 51.1 Å². The number of rotatable bonds is 3. The zero-order valence-electron chi connectivity index (χ0n) is 22.4. The molecule has 202 valence electrons. The molecule has 2 saturated heterocycles. The Hall–Kier alpha value is -3.35. The lowest BCUT2D eigenvalue weighted by Gasteiger charge is -2.41. The second-order valence-electron chi connectivity index (χ2n) is 11.2. The number of hydrogen-bond acceptors (Lipinski definition) is 4. The predicted octanol–water partition coefficient (Wildman–Crippen LogP) is 4.34. The van der Waals surface area contributed by atoms with E-state index in [9.17, 15) is 14.4 Å². The highest BCUT2D eigenvalue weighted by Gasteiger charge is 2.42. The molecule has 3 aliphatic rings. The third kappa shape index (κ3) is 5.87. The molecule has 0 aromatic heterocycles. The third-order valence-electron chi connectivity index (χ3n) is 8.40. The normalized spacial score (nSPS) is 22.2. The van der Waals surface area contributed by atoms with E-state index in [-0.39, 0.29) is 23.8 Å². The fourth-order valence-corrected chi connectivity index (χ4v) is 6.07. The highest BCUT2D eigenvalue weighted by Crippen LogP contribution is 2.38. The van der Waals surface area contributed by atoms with Crippen LogP contribution >= 0.6 is 0 Å². The van der Waals surface area contributed by atoms with Crippen molar-refractivity contribution in [2.24, 2.45) is 5.41 Å². The number of piperidine rings is 1. The van der Waals surface area contributed by atoms with Gasteiger partial charge in [0, 0.05) is 38.2 Å². The van der Waals surface area contributed by atoms with Gasteiger partial charge in [-0.3, -0.25) is 14.4 Å². The average Bonchev–Trinajstić information content (AvgIpc) is 3.33. The number of carbonyl (C=O) groups excluding carboxylic acids is 3. The molecule has 2 fully saturated rings. The maximum absolute atomic E-state index is 13.5. The average molecular weight is 518 g/mol. The summed E-state index contributed by atoms with van der Waals surface area (Å²) < 4.78 is 6.06. The number of nitrogens with one attached hydrogen (secondary N) is 1. The second-order valence-corrected chi connectivity index (χ2v) is 11.2. The molecule has 0 aliphatic carbocycles. The summed E-state index contributed by atoms with van der Waals surface area (Å²) in [4.78, 5) is 42.7. The molecule has 5 rings (SSSR count). The van der Waals surface area contributed by atoms with E-state index < -0.39 is 5.41 Å². The molecule has 0 bridgehead atoms. The first-order valence-electron chi connectivity index (χ1n) is 14.1. The van der Waals surface area contributed by atoms with Crippen LogP contribution in [0.3, 0.4) is 0 Å². The Morgan fingerprint density at radius 2 is 1.79 bits per heavy atom. The summed E-state index contributed by atoms with van der Waals surface area (Å²) in [5, 5.41) is 3.21. The maximum Gasteiger partial charge on any atom is 0.253 e. The first-order valence-corrected chi connectivity index (χ1v) is 14.1. The molecule has 0 unspecified atom stereocenters. The number of likely N-dealkylation sites (tertiary alicyclic amines) is 2. The zero-order valence-corrected chi connectivity index (χ0v) is 22.4. The largest absolute Gasteiger partial charge is 0.491 e. The molecule has 1 atom stereocenters. The molecule has 7 heteroatoms. The van der Waals surface area contributed by atoms with Crippen LogP contribution in [0.4, 0.5) is 0 Å². The highest BCUT2D eigenvalue weighted by atomic mass is 16.5. The number of benzene rings is 2. The van der Waals surface area contributed by atoms with Crippen molar-refractivity contribution in [2.75, 3.05) is 26.2 Å². The molecule has 0 radical (unpaired) electrons. The van der Waals surface area contributed by atoms with Crippen molar-refractivity contribution >= 4 is 17.7 Å². The summed E-state index contributed by atoms with van der Waals surface area (Å²) in [6, 6.07) is 15.7. The van der Waals surface area contributed by atoms with Crippen LogP contribution in [0.5, 0.6) is 5.75 Å². The molecule has 0 saturated carbocycles. The van der Waals surface area contributed by atoms with Gasteiger partial charge < -0.3 is 19.9 Å². The van der Waals surface area contributed by atoms with Crippen LogP contribution < -0.4 is 10.1 Å². The Balaban J connectivity index is 1.23. The number of para-hydroxylation sites is 1. The number of carbonyl (C=O) groups is 3. The molecule has 2 aromatic rings. The van der Waals surface area contributed by atoms with Crippen LogP contribution in [0.15, 0.2) is 48.5 Å². The predicted molar refractivity (Wildman–Crippen MR) is 146 cm³/mol. The summed E-state index contributed by atoms with van der Waals surface area (Å²) in [7, 11) is 0. The number of hydrogen-bond donors (Lipinski definition) is 1. The molecule has 7 nitrogen and oxygen atoms in total. The van der Waals surface area contributed by atoms with Crippen molar-refractivity contribution in [3.05, 3.63) is 65.2 Å². The topological polar surface area (TPSA) is 79.0 Å². The summed E-state index contributed by atoms with van der Waals surface area (Å²) in [6.45, 7) is 4.88. The smallest absolute Gasteiger partial charge is 0.253 e. The van der Waals surface area contributed by atoms with Crippen LogP contribution in [0.2, 0.25) is 0 Å². The summed E-state index contributed by atoms with van der Waals surface area (Å²) in [5.74, 6) is 1.18. The summed E-state index contributed by atoms with van der Waals surface area (Å²) in [6.07, 6.45) is 6.57. The van der Waals surface area contributed by atoms with Gasteiger partial charge in [-0.1, -0.05) is 36.8 Å². The first kappa shape index (κ1) is 26.3. The van der Waals surface area contributed by atoms with Gasteiger partial charge in [-0.25, -0.2) is 0 Å². The van der Waals surface area contributed by atoms with E-state index in [2.05, 4.69) is 17.4 Å². The van der Waals surface area contributed by atoms with Crippen molar-refractivity contribution in [1.82, 2.24) is 15.1 Å². The fraction of sp³-hybridized carbons (Fsp3) is 0.516. The van der Waals surface area contributed by atoms with Crippen molar-refractivity contribution in [3.63, 3.8) is 0 Å². The van der Waals surface area contributed by atoms with Crippen molar-refractivity contribution in [2.45, 2.75) is 70.9 Å². The number of ether oxygens (including phenoxy) is 1. The monoisotopic (exact) mass is 517 g/mol. The molecular weight excluding hydrogens is 478 g/mol. The van der Waals surface area contributed by atoms with Crippen molar-refractivity contribution in [1.29, 1.82) is 0 Å². The summed E-state index contributed by atoms with van der Waals surface area (Å²) in [5.41, 5.74) is 2.40. The minimum absolute atomic E-state index is 0.00128. The lowest BCUT2D eigenvalue weighted by molar-refractivity contribution is -0.135. The van der Waals surface area contributed by atoms with Gasteiger partial charge in [0.25, 0.3) is 5.91 Å². The quantitative estimate of drug-likeness (QED) is 0.657. The van der Waals surface area contributed by atoms with E-state index in [1.807, 2.05) is 53.1 Å². The maximum atomic E-state index is 13.5. The fourth-order valence-electron chi connectivity index (χ4n) is 6.07. The van der Waals surface area contributed by atoms with Gasteiger partial charge in [-0.15, -0.1) is 0 Å². The number of amides is 3. The van der Waals surface area contributed by atoms with Gasteiger partial charge in [0.1, 0.15) is 12.4 Å². The molecule has 1 N–H and O–H groups in total. The van der Waals surface area contributed by atoms with Crippen molar-refractivity contribution in [3.8, 4) is 5.75 Å². The van der Waals surface area contributed by atoms with E-state index in [1.165, 1.54) is 5.56 Å². The highest BCUT2D eigenvalue weighted by molar-refractivity contribution is 5.94. The second kappa shape index (κ2) is 11.6. The number of nitrogens with zero attached hydrogens (tertiary/aromatic N) is 2. The minimum Gasteiger partial charge on any atom is -0.491 e. The number of fused-ring (bicyclic) bond motifs is 1. The summed E-state index contributed by atoms with van der Waals surface area (Å²) >= 11 is 0. The van der Waals surface area contributed by atoms with Gasteiger partial charge in [0.15, 0.2) is 0 Å². The molecule has 3 aliphatic heterocycles. The Labute approximate surface area is 225 Å². The van der Waals surface area contributed by atoms with E-state index in [1.54, 1.807) is 0 Å². The molecule has 3 heterocycles. The molecule has 3 amide bonds. The van der Waals surface area contributed by atoms with Crippen LogP contribution in [0.1, 0.15) is 73.4 Å². The first-order chi connectivity index (χ1) is 18.4. The van der Waals surface area contributed by atoms with E-state index >= 15 is 0 Å². The third-order valence-corrected chi connectivity index (χ3v) is 8.40. The molecular formula is C31H39N3O4. The standard InChI is InChI=1S/C31H39N3O4/c1-23-22-38-27-12-3-2-9-25(27)10-4-5-14-31(30(37)32-23)15-18-33(19-16-31)29(36)26-11-6-8-24(20-26)21-34-17-7-13-28(34)35/h2-3,6,8-9,11-12,20,23H,4-5,7,10,13-19,21-22H2,1H3,(H,32,37)/t23-/m1/s1. The lowest BCUT2D eigenvalue weighted by atomic mass is 9.73. The van der Waals surface area contributed by atoms with E-state index in [0.717, 1.165) is 50.0 Å². The molecule has 38 heavy (non-hydrogen) atoms. The van der Waals surface area contributed by atoms with Crippen molar-refractivity contribution < 1.29 is 19.1 Å². The van der Waals surface area contributed by atoms with Crippen LogP contribution in [-0.4, -0.2) is 59.8 Å². The Morgan fingerprint density at radius 3 is 2.58 bits per heavy atom. The zero-order chi connectivity index (χ0) is 26.5. The Morgan fingerprint density at radius 1 is 0.974 bits per heavy atom. The molecule has 1 spiro atoms. The van der Waals surface area contributed by atoms with E-state index in [4.69, 9.17) is 4.74 Å². The van der Waals surface area contributed by atoms with Gasteiger partial charge in [-0.05, 0) is 74.8 Å². The minimum atomic E-state index is -0.457. The molecule has 2 aromatic carbocycles. The van der Waals surface area contributed by atoms with Gasteiger partial charge in [0.2, 0.25) is 11.8 Å². The lowest BCUT2D eigenvalue weighted by Crippen LogP contribution is -2.52. The van der Waals surface area contributed by atoms with Gasteiger partial charge in [0.05, 0.1) is 11.5 Å². The van der Waals surface area contributed by atoms with Crippen LogP contribution in [0, 0.1) is 5.41 Å². The Kier molecular flexibility index (Phi) is 8.01. The Bertz CT molecular complexity index is 1170. The number of aryl methyl sites for hydroxylation is 1. The SMILES string of the molecule is C[C@@H]1COc2ccccc2CCCCC2(CCN(C(=O)c3cccc(CN4CCCC4=O)c3)CC2)C(=O)N1. The van der Waals surface area contributed by atoms with Crippen LogP contribution in [-0.2, 0) is 22.6 Å².